The Balaban J connectivity index is -0.000000320. The monoisotopic (exact) mass is 158 g/mol. The van der Waals surface area contributed by atoms with Gasteiger partial charge in [-0.05, 0) is 0 Å². The van der Waals surface area contributed by atoms with E-state index >= 15 is 0 Å². The smallest absolute Gasteiger partial charge is 1.00 e. The molecule has 0 N–H and O–H groups in total. The average Bonchev–Trinajstić information content (AvgIpc) is 1.62. The van der Waals surface area contributed by atoms with Gasteiger partial charge in [0.2, 0.25) is 0 Å². The third-order valence-electron chi connectivity index (χ3n) is 0.415. The van der Waals surface area contributed by atoms with E-state index in [2.05, 4.69) is 0 Å². The first-order chi connectivity index (χ1) is 3.85. The van der Waals surface area contributed by atoms with E-state index in [0.29, 0.717) is 0 Å². The maximum absolute atomic E-state index is 11.0. The summed E-state index contributed by atoms with van der Waals surface area (Å²) in [6, 6.07) is 0. The maximum atomic E-state index is 11.0. The van der Waals surface area contributed by atoms with Crippen molar-refractivity contribution < 1.29 is 46.6 Å². The number of halogens is 6. The molecule has 0 fully saturated rings. The molecule has 0 bridgehead atoms. The summed E-state index contributed by atoms with van der Waals surface area (Å²) in [7, 11) is 0. The fourth-order valence-corrected chi connectivity index (χ4v) is 0.107. The van der Waals surface area contributed by atoms with Gasteiger partial charge in [0.1, 0.15) is 0 Å². The van der Waals surface area contributed by atoms with E-state index < -0.39 is 18.1 Å². The minimum Gasteiger partial charge on any atom is -1.00 e. The largest absolute Gasteiger partial charge is 1.00 e. The summed E-state index contributed by atoms with van der Waals surface area (Å²) >= 11 is 0. The zero-order valence-corrected chi connectivity index (χ0v) is 4.77. The third-order valence-corrected chi connectivity index (χ3v) is 0.415. The zero-order chi connectivity index (χ0) is 7.65. The first kappa shape index (κ1) is 12.6. The molecule has 0 saturated heterocycles. The molecule has 0 aliphatic carbocycles. The molecule has 56 valence electrons. The second-order valence-electron chi connectivity index (χ2n) is 1.07. The molecule has 0 nitrogen and oxygen atoms in total. The van der Waals surface area contributed by atoms with Gasteiger partial charge in [0.15, 0.2) is 0 Å². The number of alkyl halides is 3. The third kappa shape index (κ3) is 3.85. The topological polar surface area (TPSA) is 0 Å². The van der Waals surface area contributed by atoms with Gasteiger partial charge in [0, 0.05) is 0 Å². The van der Waals surface area contributed by atoms with Crippen molar-refractivity contribution in [2.75, 3.05) is 0 Å². The van der Waals surface area contributed by atoms with Crippen LogP contribution in [0, 0.1) is 0 Å². The van der Waals surface area contributed by atoms with Crippen LogP contribution in [-0.2, 0) is 0 Å². The maximum Gasteiger partial charge on any atom is 1.00 e. The Morgan fingerprint density at radius 2 is 1.30 bits per heavy atom. The molecule has 0 aliphatic rings. The van der Waals surface area contributed by atoms with Crippen molar-refractivity contribution in [3.8, 4) is 0 Å². The van der Waals surface area contributed by atoms with Gasteiger partial charge in [-0.2, -0.15) is 26.3 Å². The molecule has 0 amide bonds. The van der Waals surface area contributed by atoms with Crippen LogP contribution < -0.4 is 18.9 Å². The van der Waals surface area contributed by atoms with Crippen LogP contribution >= 0.6 is 0 Å². The molecule has 0 aromatic rings. The predicted octanol–water partition coefficient (Wildman–Crippen LogP) is -0.257. The van der Waals surface area contributed by atoms with E-state index in [1.54, 1.807) is 0 Å². The molecule has 0 aromatic carbocycles. The molecule has 10 heavy (non-hydrogen) atoms. The summed E-state index contributed by atoms with van der Waals surface area (Å²) in [4.78, 5) is 0. The summed E-state index contributed by atoms with van der Waals surface area (Å²) in [5, 5.41) is 0. The first-order valence-electron chi connectivity index (χ1n) is 1.63. The van der Waals surface area contributed by atoms with E-state index in [-0.39, 0.29) is 20.3 Å². The molecule has 0 saturated carbocycles. The van der Waals surface area contributed by atoms with Gasteiger partial charge < -0.3 is 1.43 Å². The molecule has 7 heteroatoms. The zero-order valence-electron chi connectivity index (χ0n) is 5.77. The van der Waals surface area contributed by atoms with Gasteiger partial charge in [-0.3, -0.25) is 0 Å². The van der Waals surface area contributed by atoms with Crippen molar-refractivity contribution in [1.82, 2.24) is 0 Å². The molecule has 0 radical (unpaired) electrons. The Kier molecular flexibility index (Phi) is 4.95. The van der Waals surface area contributed by atoms with Gasteiger partial charge in [0.05, 0.1) is 0 Å². The van der Waals surface area contributed by atoms with Gasteiger partial charge in [0.25, 0.3) is 5.83 Å². The molecule has 0 aromatic heterocycles. The van der Waals surface area contributed by atoms with E-state index in [1.165, 1.54) is 0 Å². The standard InChI is InChI=1S/C3F6.Li.H/c4-1(2(5)6)3(7,8)9;;/q;+1;-1. The van der Waals surface area contributed by atoms with Crippen LogP contribution in [0.5, 0.6) is 0 Å². The van der Waals surface area contributed by atoms with E-state index in [0.717, 1.165) is 0 Å². The Morgan fingerprint density at radius 3 is 1.30 bits per heavy atom. The SMILES string of the molecule is FC(F)=C(F)C(F)(F)F.[H-].[Li+]. The summed E-state index contributed by atoms with van der Waals surface area (Å²) in [6.07, 6.45) is -8.90. The van der Waals surface area contributed by atoms with Crippen LogP contribution in [0.15, 0.2) is 11.9 Å². The van der Waals surface area contributed by atoms with Crippen molar-refractivity contribution in [2.24, 2.45) is 0 Å². The van der Waals surface area contributed by atoms with Gasteiger partial charge in [-0.25, -0.2) is 0 Å². The Bertz CT molecular complexity index is 135. The molecule has 0 rings (SSSR count). The van der Waals surface area contributed by atoms with Crippen LogP contribution in [0.3, 0.4) is 0 Å². The van der Waals surface area contributed by atoms with E-state index in [1.807, 2.05) is 0 Å². The quantitative estimate of drug-likeness (QED) is 0.336. The minimum absolute atomic E-state index is 0. The summed E-state index contributed by atoms with van der Waals surface area (Å²) < 4.78 is 64.8. The average molecular weight is 158 g/mol. The number of allylic oxidation sites excluding steroid dienone is 1. The van der Waals surface area contributed by atoms with Crippen LogP contribution in [0.25, 0.3) is 0 Å². The second-order valence-corrected chi connectivity index (χ2v) is 1.07. The number of hydrogen-bond acceptors (Lipinski definition) is 0. The molecule has 0 spiro atoms. The Hall–Kier alpha value is -0.0826. The van der Waals surface area contributed by atoms with Crippen molar-refractivity contribution in [3.63, 3.8) is 0 Å². The number of hydrogen-bond donors (Lipinski definition) is 0. The van der Waals surface area contributed by atoms with Crippen molar-refractivity contribution in [1.29, 1.82) is 0 Å². The van der Waals surface area contributed by atoms with Crippen LogP contribution in [0.4, 0.5) is 26.3 Å². The molecule has 0 heterocycles. The summed E-state index contributed by atoms with van der Waals surface area (Å²) in [5.74, 6) is -3.33. The van der Waals surface area contributed by atoms with Gasteiger partial charge in [-0.15, -0.1) is 0 Å². The van der Waals surface area contributed by atoms with Crippen LogP contribution in [0.2, 0.25) is 0 Å². The van der Waals surface area contributed by atoms with Gasteiger partial charge in [-0.1, -0.05) is 0 Å². The first-order valence-corrected chi connectivity index (χ1v) is 1.63. The van der Waals surface area contributed by atoms with Crippen LogP contribution in [-0.4, -0.2) is 6.18 Å². The van der Waals surface area contributed by atoms with E-state index in [4.69, 9.17) is 0 Å². The fourth-order valence-electron chi connectivity index (χ4n) is 0.107. The number of rotatable bonds is 0. The second kappa shape index (κ2) is 3.94. The normalized spacial score (nSPS) is 10.2. The summed E-state index contributed by atoms with van der Waals surface area (Å²) in [5.41, 5.74) is 0. The molecular weight excluding hydrogens is 157 g/mol. The Morgan fingerprint density at radius 1 is 1.00 bits per heavy atom. The van der Waals surface area contributed by atoms with Crippen molar-refractivity contribution >= 4 is 0 Å². The molecule has 0 aliphatic heterocycles. The molecule has 0 unspecified atom stereocenters. The minimum atomic E-state index is -5.56. The molecule has 0 atom stereocenters. The predicted molar refractivity (Wildman–Crippen MR) is 17.5 cm³/mol. The van der Waals surface area contributed by atoms with Gasteiger partial charge >= 0.3 is 31.1 Å². The summed E-state index contributed by atoms with van der Waals surface area (Å²) in [6.45, 7) is 0. The Labute approximate surface area is 65.6 Å². The molecular formula is C3HF6Li. The van der Waals surface area contributed by atoms with Crippen LogP contribution in [0.1, 0.15) is 1.43 Å². The van der Waals surface area contributed by atoms with E-state index in [9.17, 15) is 26.3 Å². The van der Waals surface area contributed by atoms with Crippen molar-refractivity contribution in [2.45, 2.75) is 6.18 Å². The fraction of sp³-hybridized carbons (Fsp3) is 0.333. The van der Waals surface area contributed by atoms with Crippen molar-refractivity contribution in [3.05, 3.63) is 11.9 Å².